The van der Waals surface area contributed by atoms with Crippen LogP contribution in [0.2, 0.25) is 5.02 Å². The molecule has 0 saturated heterocycles. The van der Waals surface area contributed by atoms with Crippen molar-refractivity contribution in [3.8, 4) is 0 Å². The van der Waals surface area contributed by atoms with E-state index in [4.69, 9.17) is 11.6 Å². The molecule has 0 aromatic heterocycles. The molecule has 0 unspecified atom stereocenters. The van der Waals surface area contributed by atoms with Crippen molar-refractivity contribution in [1.29, 1.82) is 0 Å². The molecule has 1 rings (SSSR count). The minimum Gasteiger partial charge on any atom is -0.308 e. The molecule has 0 radical (unpaired) electrons. The summed E-state index contributed by atoms with van der Waals surface area (Å²) in [5, 5.41) is 10.7. The smallest absolute Gasteiger partial charge is 0.289 e. The van der Waals surface area contributed by atoms with Crippen molar-refractivity contribution in [3.05, 3.63) is 33.3 Å². The lowest BCUT2D eigenvalue weighted by molar-refractivity contribution is -0.384. The van der Waals surface area contributed by atoms with E-state index >= 15 is 0 Å². The van der Waals surface area contributed by atoms with Crippen molar-refractivity contribution in [2.75, 3.05) is 34.2 Å². The number of sulfonamides is 1. The Labute approximate surface area is 122 Å². The van der Waals surface area contributed by atoms with Crippen molar-refractivity contribution in [3.63, 3.8) is 0 Å². The lowest BCUT2D eigenvalue weighted by Crippen LogP contribution is -2.33. The fourth-order valence-electron chi connectivity index (χ4n) is 1.43. The Morgan fingerprint density at radius 2 is 1.85 bits per heavy atom. The Balaban J connectivity index is 3.09. The first-order chi connectivity index (χ1) is 9.16. The average Bonchev–Trinajstić information content (AvgIpc) is 2.35. The van der Waals surface area contributed by atoms with Gasteiger partial charge in [-0.3, -0.25) is 10.1 Å². The van der Waals surface area contributed by atoms with E-state index in [0.29, 0.717) is 6.54 Å². The van der Waals surface area contributed by atoms with Crippen LogP contribution in [0.25, 0.3) is 0 Å². The molecule has 20 heavy (non-hydrogen) atoms. The molecule has 112 valence electrons. The van der Waals surface area contributed by atoms with Crippen LogP contribution in [0.5, 0.6) is 0 Å². The van der Waals surface area contributed by atoms with E-state index in [1.807, 2.05) is 19.0 Å². The molecule has 1 aromatic rings. The van der Waals surface area contributed by atoms with E-state index in [1.165, 1.54) is 19.2 Å². The number of benzene rings is 1. The van der Waals surface area contributed by atoms with E-state index in [-0.39, 0.29) is 16.5 Å². The number of hydrogen-bond donors (Lipinski definition) is 0. The molecule has 0 aliphatic heterocycles. The number of nitrogens with zero attached hydrogens (tertiary/aromatic N) is 3. The summed E-state index contributed by atoms with van der Waals surface area (Å²) >= 11 is 5.67. The third-order valence-corrected chi connectivity index (χ3v) is 4.86. The first kappa shape index (κ1) is 16.8. The Morgan fingerprint density at radius 1 is 1.25 bits per heavy atom. The summed E-state index contributed by atoms with van der Waals surface area (Å²) in [6.07, 6.45) is 0. The van der Waals surface area contributed by atoms with Crippen molar-refractivity contribution in [1.82, 2.24) is 9.21 Å². The first-order valence-corrected chi connectivity index (χ1v) is 7.53. The summed E-state index contributed by atoms with van der Waals surface area (Å²) in [4.78, 5) is 11.8. The summed E-state index contributed by atoms with van der Waals surface area (Å²) in [5.74, 6) is 0. The van der Waals surface area contributed by atoms with Crippen molar-refractivity contribution in [2.45, 2.75) is 4.90 Å². The fourth-order valence-corrected chi connectivity index (χ4v) is 2.80. The second-order valence-electron chi connectivity index (χ2n) is 4.50. The predicted octanol–water partition coefficient (Wildman–Crippen LogP) is 1.43. The molecule has 7 nitrogen and oxygen atoms in total. The summed E-state index contributed by atoms with van der Waals surface area (Å²) in [6.45, 7) is 0.831. The molecule has 0 aliphatic rings. The van der Waals surface area contributed by atoms with Gasteiger partial charge in [0.2, 0.25) is 10.0 Å². The van der Waals surface area contributed by atoms with E-state index < -0.39 is 20.6 Å². The minimum absolute atomic E-state index is 0.0927. The Morgan fingerprint density at radius 3 is 2.35 bits per heavy atom. The molecule has 0 N–H and O–H groups in total. The molecule has 0 heterocycles. The summed E-state index contributed by atoms with van der Waals surface area (Å²) in [5.41, 5.74) is -0.422. The Kier molecular flexibility index (Phi) is 5.46. The van der Waals surface area contributed by atoms with Gasteiger partial charge in [0.05, 0.1) is 9.82 Å². The predicted molar refractivity (Wildman–Crippen MR) is 76.5 cm³/mol. The molecule has 0 bridgehead atoms. The Hall–Kier alpha value is -1.22. The molecular formula is C11H16ClN3O4S. The number of hydrogen-bond acceptors (Lipinski definition) is 5. The van der Waals surface area contributed by atoms with E-state index in [0.717, 1.165) is 10.4 Å². The lowest BCUT2D eigenvalue weighted by Gasteiger charge is -2.19. The number of rotatable bonds is 6. The highest BCUT2D eigenvalue weighted by Gasteiger charge is 2.24. The van der Waals surface area contributed by atoms with Crippen LogP contribution in [0, 0.1) is 10.1 Å². The molecule has 1 aromatic carbocycles. The fraction of sp³-hybridized carbons (Fsp3) is 0.455. The highest BCUT2D eigenvalue weighted by Crippen LogP contribution is 2.28. The van der Waals surface area contributed by atoms with Crippen LogP contribution in [0.1, 0.15) is 0 Å². The third-order valence-electron chi connectivity index (χ3n) is 2.68. The van der Waals surface area contributed by atoms with Crippen LogP contribution in [-0.2, 0) is 10.0 Å². The van der Waals surface area contributed by atoms with Gasteiger partial charge in [0.1, 0.15) is 5.02 Å². The number of nitro benzene ring substituents is 1. The normalized spacial score (nSPS) is 12.1. The van der Waals surface area contributed by atoms with Gasteiger partial charge in [-0.1, -0.05) is 11.6 Å². The van der Waals surface area contributed by atoms with Crippen molar-refractivity contribution in [2.24, 2.45) is 0 Å². The maximum Gasteiger partial charge on any atom is 0.289 e. The maximum absolute atomic E-state index is 12.3. The minimum atomic E-state index is -3.76. The second kappa shape index (κ2) is 6.49. The van der Waals surface area contributed by atoms with Crippen molar-refractivity contribution < 1.29 is 13.3 Å². The molecule has 9 heteroatoms. The number of halogens is 1. The average molecular weight is 322 g/mol. The largest absolute Gasteiger partial charge is 0.308 e. The highest BCUT2D eigenvalue weighted by molar-refractivity contribution is 7.89. The molecule has 0 amide bonds. The SMILES string of the molecule is CN(C)CCN(C)S(=O)(=O)c1ccc(Cl)c([N+](=O)[O-])c1. The molecule has 0 atom stereocenters. The van der Waals surface area contributed by atoms with E-state index in [2.05, 4.69) is 0 Å². The summed E-state index contributed by atoms with van der Waals surface area (Å²) in [7, 11) is 1.32. The van der Waals surface area contributed by atoms with E-state index in [1.54, 1.807) is 0 Å². The highest BCUT2D eigenvalue weighted by atomic mass is 35.5. The van der Waals surface area contributed by atoms with Gasteiger partial charge in [-0.05, 0) is 26.2 Å². The topological polar surface area (TPSA) is 83.8 Å². The number of likely N-dealkylation sites (N-methyl/N-ethyl adjacent to an activating group) is 2. The van der Waals surface area contributed by atoms with Gasteiger partial charge in [0.15, 0.2) is 0 Å². The van der Waals surface area contributed by atoms with Gasteiger partial charge in [0.25, 0.3) is 5.69 Å². The zero-order valence-corrected chi connectivity index (χ0v) is 13.0. The van der Waals surface area contributed by atoms with Crippen LogP contribution in [-0.4, -0.2) is 56.8 Å². The van der Waals surface area contributed by atoms with Crippen LogP contribution in [0.15, 0.2) is 23.1 Å². The zero-order chi connectivity index (χ0) is 15.5. The zero-order valence-electron chi connectivity index (χ0n) is 11.4. The van der Waals surface area contributed by atoms with Crippen LogP contribution in [0.4, 0.5) is 5.69 Å². The first-order valence-electron chi connectivity index (χ1n) is 5.71. The van der Waals surface area contributed by atoms with Crippen LogP contribution < -0.4 is 0 Å². The summed E-state index contributed by atoms with van der Waals surface area (Å²) in [6, 6.07) is 3.45. The quantitative estimate of drug-likeness (QED) is 0.584. The van der Waals surface area contributed by atoms with Gasteiger partial charge in [-0.2, -0.15) is 4.31 Å². The molecule has 0 saturated carbocycles. The molecular weight excluding hydrogens is 306 g/mol. The van der Waals surface area contributed by atoms with Gasteiger partial charge < -0.3 is 4.90 Å². The summed E-state index contributed by atoms with van der Waals surface area (Å²) < 4.78 is 25.7. The molecule has 0 fully saturated rings. The van der Waals surface area contributed by atoms with Gasteiger partial charge in [-0.25, -0.2) is 8.42 Å². The molecule has 0 spiro atoms. The third kappa shape index (κ3) is 3.89. The number of nitro groups is 1. The maximum atomic E-state index is 12.3. The molecule has 0 aliphatic carbocycles. The van der Waals surface area contributed by atoms with Crippen LogP contribution >= 0.6 is 11.6 Å². The van der Waals surface area contributed by atoms with Crippen molar-refractivity contribution >= 4 is 27.3 Å². The van der Waals surface area contributed by atoms with E-state index in [9.17, 15) is 18.5 Å². The standard InChI is InChI=1S/C11H16ClN3O4S/c1-13(2)6-7-14(3)20(18,19)9-4-5-10(12)11(8-9)15(16)17/h4-5,8H,6-7H2,1-3H3. The van der Waals surface area contributed by atoms with Gasteiger partial charge >= 0.3 is 0 Å². The van der Waals surface area contributed by atoms with Gasteiger partial charge in [0, 0.05) is 26.2 Å². The van der Waals surface area contributed by atoms with Crippen LogP contribution in [0.3, 0.4) is 0 Å². The monoisotopic (exact) mass is 321 g/mol. The lowest BCUT2D eigenvalue weighted by atomic mass is 10.3. The second-order valence-corrected chi connectivity index (χ2v) is 6.95. The van der Waals surface area contributed by atoms with Gasteiger partial charge in [-0.15, -0.1) is 0 Å². The Bertz CT molecular complexity index is 604.